The molecule has 0 saturated carbocycles. The molecule has 0 amide bonds. The first-order chi connectivity index (χ1) is 11.3. The summed E-state index contributed by atoms with van der Waals surface area (Å²) in [5.74, 6) is 1.90. The molecule has 138 valence electrons. The van der Waals surface area contributed by atoms with E-state index in [-0.39, 0.29) is 24.0 Å². The van der Waals surface area contributed by atoms with Crippen LogP contribution in [0.1, 0.15) is 38.4 Å². The summed E-state index contributed by atoms with van der Waals surface area (Å²) in [6, 6.07) is 0. The molecule has 1 aliphatic heterocycles. The van der Waals surface area contributed by atoms with Gasteiger partial charge in [0.1, 0.15) is 12.2 Å². The van der Waals surface area contributed by atoms with Gasteiger partial charge in [-0.3, -0.25) is 4.99 Å². The van der Waals surface area contributed by atoms with E-state index in [1.54, 1.807) is 6.33 Å². The Morgan fingerprint density at radius 1 is 1.17 bits per heavy atom. The maximum absolute atomic E-state index is 4.27. The largest absolute Gasteiger partial charge is 0.356 e. The van der Waals surface area contributed by atoms with Crippen LogP contribution in [0.5, 0.6) is 0 Å². The Kier molecular flexibility index (Phi) is 11.0. The van der Waals surface area contributed by atoms with Crippen molar-refractivity contribution in [3.05, 3.63) is 12.2 Å². The molecule has 24 heavy (non-hydrogen) atoms. The molecule has 1 aliphatic rings. The van der Waals surface area contributed by atoms with E-state index in [1.165, 1.54) is 45.3 Å². The summed E-state index contributed by atoms with van der Waals surface area (Å²) < 4.78 is 2.08. The molecule has 8 heteroatoms. The fourth-order valence-electron chi connectivity index (χ4n) is 2.93. The van der Waals surface area contributed by atoms with Crippen molar-refractivity contribution in [2.24, 2.45) is 4.99 Å². The summed E-state index contributed by atoms with van der Waals surface area (Å²) >= 11 is 0. The second-order valence-corrected chi connectivity index (χ2v) is 5.98. The molecule has 7 nitrogen and oxygen atoms in total. The molecule has 1 aromatic rings. The number of unbranched alkanes of at least 4 members (excludes halogenated alkanes) is 1. The zero-order valence-electron chi connectivity index (χ0n) is 15.0. The topological polar surface area (TPSA) is 70.4 Å². The summed E-state index contributed by atoms with van der Waals surface area (Å²) in [6.45, 7) is 8.56. The van der Waals surface area contributed by atoms with Gasteiger partial charge in [-0.25, -0.2) is 0 Å². The average Bonchev–Trinajstić information content (AvgIpc) is 3.24. The molecule has 0 aromatic carbocycles. The normalized spacial score (nSPS) is 15.3. The van der Waals surface area contributed by atoms with E-state index in [4.69, 9.17) is 0 Å². The Balaban J connectivity index is 0.00000288. The van der Waals surface area contributed by atoms with Crippen LogP contribution >= 0.6 is 24.0 Å². The molecule has 2 heterocycles. The molecule has 0 aliphatic carbocycles. The van der Waals surface area contributed by atoms with E-state index < -0.39 is 0 Å². The summed E-state index contributed by atoms with van der Waals surface area (Å²) in [5, 5.41) is 14.8. The van der Waals surface area contributed by atoms with Crippen molar-refractivity contribution in [2.75, 3.05) is 39.8 Å². The fraction of sp³-hybridized carbons (Fsp3) is 0.812. The number of aliphatic imine (C=N–C) groups is 1. The number of nitrogens with one attached hydrogen (secondary N) is 2. The SMILES string of the molecule is CCc1nncn1CCNC(=NC)NCCCCN1CCCC1.I. The molecule has 1 fully saturated rings. The zero-order valence-corrected chi connectivity index (χ0v) is 17.3. The predicted octanol–water partition coefficient (Wildman–Crippen LogP) is 1.50. The second-order valence-electron chi connectivity index (χ2n) is 5.98. The maximum Gasteiger partial charge on any atom is 0.191 e. The molecule has 0 bridgehead atoms. The highest BCUT2D eigenvalue weighted by Gasteiger charge is 2.10. The van der Waals surface area contributed by atoms with Gasteiger partial charge in [-0.05, 0) is 45.3 Å². The van der Waals surface area contributed by atoms with Gasteiger partial charge in [0.2, 0.25) is 0 Å². The van der Waals surface area contributed by atoms with E-state index in [0.29, 0.717) is 0 Å². The lowest BCUT2D eigenvalue weighted by atomic mass is 10.3. The lowest BCUT2D eigenvalue weighted by Crippen LogP contribution is -2.39. The minimum absolute atomic E-state index is 0. The van der Waals surface area contributed by atoms with Gasteiger partial charge < -0.3 is 20.1 Å². The van der Waals surface area contributed by atoms with Gasteiger partial charge in [0.05, 0.1) is 0 Å². The smallest absolute Gasteiger partial charge is 0.191 e. The molecule has 0 radical (unpaired) electrons. The van der Waals surface area contributed by atoms with E-state index in [9.17, 15) is 0 Å². The van der Waals surface area contributed by atoms with E-state index in [2.05, 4.69) is 42.2 Å². The van der Waals surface area contributed by atoms with Crippen molar-refractivity contribution in [2.45, 2.75) is 45.6 Å². The maximum atomic E-state index is 4.27. The number of guanidine groups is 1. The van der Waals surface area contributed by atoms with Crippen molar-refractivity contribution in [1.29, 1.82) is 0 Å². The van der Waals surface area contributed by atoms with Crippen LogP contribution in [0.15, 0.2) is 11.3 Å². The van der Waals surface area contributed by atoms with Crippen LogP contribution < -0.4 is 10.6 Å². The highest BCUT2D eigenvalue weighted by Crippen LogP contribution is 2.07. The van der Waals surface area contributed by atoms with Crippen LogP contribution in [-0.2, 0) is 13.0 Å². The molecule has 0 atom stereocenters. The van der Waals surface area contributed by atoms with Gasteiger partial charge in [-0.1, -0.05) is 6.92 Å². The number of hydrogen-bond acceptors (Lipinski definition) is 4. The number of aromatic nitrogens is 3. The Labute approximate surface area is 162 Å². The number of halogens is 1. The summed E-state index contributed by atoms with van der Waals surface area (Å²) in [5.41, 5.74) is 0. The predicted molar refractivity (Wildman–Crippen MR) is 109 cm³/mol. The third kappa shape index (κ3) is 7.33. The third-order valence-corrected chi connectivity index (χ3v) is 4.27. The fourth-order valence-corrected chi connectivity index (χ4v) is 2.93. The van der Waals surface area contributed by atoms with E-state index in [1.807, 2.05) is 7.05 Å². The monoisotopic (exact) mass is 449 g/mol. The van der Waals surface area contributed by atoms with Crippen molar-refractivity contribution < 1.29 is 0 Å². The molecular weight excluding hydrogens is 417 g/mol. The average molecular weight is 449 g/mol. The Morgan fingerprint density at radius 3 is 2.62 bits per heavy atom. The van der Waals surface area contributed by atoms with Crippen molar-refractivity contribution in [1.82, 2.24) is 30.3 Å². The second kappa shape index (κ2) is 12.5. The lowest BCUT2D eigenvalue weighted by molar-refractivity contribution is 0.330. The van der Waals surface area contributed by atoms with E-state index >= 15 is 0 Å². The molecule has 2 rings (SSSR count). The minimum Gasteiger partial charge on any atom is -0.356 e. The lowest BCUT2D eigenvalue weighted by Gasteiger charge is -2.15. The Bertz CT molecular complexity index is 469. The first kappa shape index (κ1) is 21.1. The van der Waals surface area contributed by atoms with Gasteiger partial charge in [0.25, 0.3) is 0 Å². The molecule has 0 unspecified atom stereocenters. The number of rotatable bonds is 9. The molecular formula is C16H32IN7. The minimum atomic E-state index is 0. The third-order valence-electron chi connectivity index (χ3n) is 4.27. The zero-order chi connectivity index (χ0) is 16.3. The summed E-state index contributed by atoms with van der Waals surface area (Å²) in [7, 11) is 1.82. The molecule has 2 N–H and O–H groups in total. The van der Waals surface area contributed by atoms with Crippen molar-refractivity contribution in [3.8, 4) is 0 Å². The first-order valence-electron chi connectivity index (χ1n) is 8.87. The molecule has 0 spiro atoms. The molecule has 1 aromatic heterocycles. The van der Waals surface area contributed by atoms with Gasteiger partial charge >= 0.3 is 0 Å². The van der Waals surface area contributed by atoms with Crippen LogP contribution in [0.2, 0.25) is 0 Å². The van der Waals surface area contributed by atoms with Crippen LogP contribution in [0.3, 0.4) is 0 Å². The first-order valence-corrected chi connectivity index (χ1v) is 8.87. The highest BCUT2D eigenvalue weighted by molar-refractivity contribution is 14.0. The van der Waals surface area contributed by atoms with Gasteiger partial charge in [0, 0.05) is 33.1 Å². The number of aryl methyl sites for hydroxylation is 1. The summed E-state index contributed by atoms with van der Waals surface area (Å²) in [4.78, 5) is 6.84. The van der Waals surface area contributed by atoms with Gasteiger partial charge in [-0.15, -0.1) is 34.2 Å². The number of hydrogen-bond donors (Lipinski definition) is 2. The van der Waals surface area contributed by atoms with E-state index in [0.717, 1.165) is 37.8 Å². The Hall–Kier alpha value is -0.900. The van der Waals surface area contributed by atoms with Crippen LogP contribution in [0.4, 0.5) is 0 Å². The highest BCUT2D eigenvalue weighted by atomic mass is 127. The van der Waals surface area contributed by atoms with Gasteiger partial charge in [-0.2, -0.15) is 0 Å². The Morgan fingerprint density at radius 2 is 1.92 bits per heavy atom. The number of nitrogens with zero attached hydrogens (tertiary/aromatic N) is 5. The van der Waals surface area contributed by atoms with Crippen molar-refractivity contribution in [3.63, 3.8) is 0 Å². The van der Waals surface area contributed by atoms with Crippen LogP contribution in [0.25, 0.3) is 0 Å². The quantitative estimate of drug-likeness (QED) is 0.259. The van der Waals surface area contributed by atoms with Crippen LogP contribution in [0, 0.1) is 0 Å². The standard InChI is InChI=1S/C16H31N7.HI/c1-3-15-21-20-14-23(15)13-9-19-16(17-2)18-8-4-5-10-22-11-6-7-12-22;/h14H,3-13H2,1-2H3,(H2,17,18,19);1H. The molecule has 1 saturated heterocycles. The van der Waals surface area contributed by atoms with Crippen molar-refractivity contribution >= 4 is 29.9 Å². The number of likely N-dealkylation sites (tertiary alicyclic amines) is 1. The van der Waals surface area contributed by atoms with Gasteiger partial charge in [0.15, 0.2) is 5.96 Å². The summed E-state index contributed by atoms with van der Waals surface area (Å²) in [6.07, 6.45) is 7.88. The van der Waals surface area contributed by atoms with Crippen LogP contribution in [-0.4, -0.2) is 65.4 Å².